The number of nitrogens with zero attached hydrogens (tertiary/aromatic N) is 1. The van der Waals surface area contributed by atoms with Gasteiger partial charge in [0.25, 0.3) is 0 Å². The Labute approximate surface area is 135 Å². The summed E-state index contributed by atoms with van der Waals surface area (Å²) in [5.41, 5.74) is 1.96. The van der Waals surface area contributed by atoms with Crippen molar-refractivity contribution in [3.8, 4) is 6.07 Å². The Balaban J connectivity index is 2.24. The van der Waals surface area contributed by atoms with Crippen LogP contribution < -0.4 is 0 Å². The van der Waals surface area contributed by atoms with E-state index in [1.165, 1.54) is 23.9 Å². The highest BCUT2D eigenvalue weighted by molar-refractivity contribution is 6.73. The molecule has 0 aliphatic heterocycles. The SMILES string of the molecule is CC[Si](CC)(CC)OC1=CC(c2ccccc2C#N)CCC1. The Hall–Kier alpha value is -1.53. The van der Waals surface area contributed by atoms with E-state index in [1.807, 2.05) is 18.2 Å². The summed E-state index contributed by atoms with van der Waals surface area (Å²) in [6, 6.07) is 13.8. The second-order valence-corrected chi connectivity index (χ2v) is 10.9. The van der Waals surface area contributed by atoms with Crippen molar-refractivity contribution in [2.24, 2.45) is 0 Å². The summed E-state index contributed by atoms with van der Waals surface area (Å²) in [6.07, 6.45) is 5.62. The molecule has 0 saturated heterocycles. The number of hydrogen-bond acceptors (Lipinski definition) is 2. The lowest BCUT2D eigenvalue weighted by molar-refractivity contribution is 0.360. The van der Waals surface area contributed by atoms with E-state index >= 15 is 0 Å². The van der Waals surface area contributed by atoms with Crippen LogP contribution in [-0.2, 0) is 4.43 Å². The molecule has 1 atom stereocenters. The third kappa shape index (κ3) is 3.62. The molecular formula is C19H27NOSi. The highest BCUT2D eigenvalue weighted by atomic mass is 28.4. The van der Waals surface area contributed by atoms with Gasteiger partial charge in [-0.15, -0.1) is 0 Å². The third-order valence-electron chi connectivity index (χ3n) is 5.09. The molecule has 0 N–H and O–H groups in total. The van der Waals surface area contributed by atoms with Gasteiger partial charge in [0.15, 0.2) is 0 Å². The van der Waals surface area contributed by atoms with Gasteiger partial charge >= 0.3 is 0 Å². The second-order valence-electron chi connectivity index (χ2n) is 6.18. The van der Waals surface area contributed by atoms with Crippen LogP contribution in [0.4, 0.5) is 0 Å². The van der Waals surface area contributed by atoms with Crippen LogP contribution in [0.5, 0.6) is 0 Å². The van der Waals surface area contributed by atoms with Crippen molar-refractivity contribution in [3.63, 3.8) is 0 Å². The molecule has 0 saturated carbocycles. The van der Waals surface area contributed by atoms with Crippen LogP contribution in [0.2, 0.25) is 18.1 Å². The fourth-order valence-electron chi connectivity index (χ4n) is 3.38. The minimum atomic E-state index is -1.59. The normalized spacial score (nSPS) is 18.5. The van der Waals surface area contributed by atoms with E-state index in [2.05, 4.69) is 39.0 Å². The highest BCUT2D eigenvalue weighted by Gasteiger charge is 2.32. The van der Waals surface area contributed by atoms with E-state index in [4.69, 9.17) is 4.43 Å². The van der Waals surface area contributed by atoms with Crippen molar-refractivity contribution < 1.29 is 4.43 Å². The first kappa shape index (κ1) is 16.8. The van der Waals surface area contributed by atoms with E-state index in [9.17, 15) is 5.26 Å². The molecule has 1 aliphatic carbocycles. The van der Waals surface area contributed by atoms with Gasteiger partial charge in [-0.2, -0.15) is 5.26 Å². The summed E-state index contributed by atoms with van der Waals surface area (Å²) >= 11 is 0. The van der Waals surface area contributed by atoms with Crippen LogP contribution >= 0.6 is 0 Å². The first-order chi connectivity index (χ1) is 10.7. The van der Waals surface area contributed by atoms with Crippen molar-refractivity contribution in [2.45, 2.75) is 64.1 Å². The molecule has 2 rings (SSSR count). The Kier molecular flexibility index (Phi) is 5.85. The van der Waals surface area contributed by atoms with Crippen LogP contribution in [0.15, 0.2) is 36.1 Å². The molecule has 118 valence electrons. The molecule has 0 spiro atoms. The summed E-state index contributed by atoms with van der Waals surface area (Å²) in [6.45, 7) is 6.81. The molecule has 2 nitrogen and oxygen atoms in total. The third-order valence-corrected chi connectivity index (χ3v) is 9.65. The first-order valence-electron chi connectivity index (χ1n) is 8.56. The summed E-state index contributed by atoms with van der Waals surface area (Å²) in [5.74, 6) is 1.51. The van der Waals surface area contributed by atoms with Gasteiger partial charge < -0.3 is 4.43 Å². The minimum absolute atomic E-state index is 0.330. The Morgan fingerprint density at radius 3 is 2.50 bits per heavy atom. The second kappa shape index (κ2) is 7.65. The number of nitriles is 1. The lowest BCUT2D eigenvalue weighted by Gasteiger charge is -2.33. The average Bonchev–Trinajstić information content (AvgIpc) is 2.60. The van der Waals surface area contributed by atoms with Gasteiger partial charge in [-0.3, -0.25) is 0 Å². The van der Waals surface area contributed by atoms with Gasteiger partial charge in [0.2, 0.25) is 8.32 Å². The fraction of sp³-hybridized carbons (Fsp3) is 0.526. The van der Waals surface area contributed by atoms with Crippen LogP contribution in [0, 0.1) is 11.3 Å². The van der Waals surface area contributed by atoms with E-state index in [0.29, 0.717) is 5.92 Å². The van der Waals surface area contributed by atoms with Gasteiger partial charge in [0.05, 0.1) is 17.4 Å². The van der Waals surface area contributed by atoms with E-state index < -0.39 is 8.32 Å². The fourth-order valence-corrected chi connectivity index (χ4v) is 6.04. The lowest BCUT2D eigenvalue weighted by atomic mass is 9.86. The highest BCUT2D eigenvalue weighted by Crippen LogP contribution is 2.36. The van der Waals surface area contributed by atoms with E-state index in [1.54, 1.807) is 0 Å². The van der Waals surface area contributed by atoms with Crippen LogP contribution in [0.25, 0.3) is 0 Å². The molecule has 0 fully saturated rings. The Morgan fingerprint density at radius 2 is 1.86 bits per heavy atom. The zero-order valence-electron chi connectivity index (χ0n) is 14.1. The van der Waals surface area contributed by atoms with Gasteiger partial charge in [-0.05, 0) is 48.7 Å². The summed E-state index contributed by atoms with van der Waals surface area (Å²) in [5, 5.41) is 9.32. The Bertz CT molecular complexity index is 561. The van der Waals surface area contributed by atoms with Crippen LogP contribution in [0.3, 0.4) is 0 Å². The summed E-state index contributed by atoms with van der Waals surface area (Å²) < 4.78 is 6.57. The average molecular weight is 314 g/mol. The smallest absolute Gasteiger partial charge is 0.250 e. The van der Waals surface area contributed by atoms with Gasteiger partial charge in [0.1, 0.15) is 0 Å². The predicted octanol–water partition coefficient (Wildman–Crippen LogP) is 5.73. The molecule has 22 heavy (non-hydrogen) atoms. The van der Waals surface area contributed by atoms with Crippen LogP contribution in [-0.4, -0.2) is 8.32 Å². The van der Waals surface area contributed by atoms with Gasteiger partial charge in [0, 0.05) is 12.3 Å². The van der Waals surface area contributed by atoms with Crippen molar-refractivity contribution in [2.75, 3.05) is 0 Å². The molecule has 1 aliphatic rings. The molecule has 0 bridgehead atoms. The molecule has 0 aromatic heterocycles. The van der Waals surface area contributed by atoms with Crippen LogP contribution in [0.1, 0.15) is 57.1 Å². The summed E-state index contributed by atoms with van der Waals surface area (Å²) in [4.78, 5) is 0. The maximum Gasteiger partial charge on any atom is 0.250 e. The minimum Gasteiger partial charge on any atom is -0.547 e. The molecule has 0 heterocycles. The molecule has 1 aromatic rings. The Morgan fingerprint density at radius 1 is 1.18 bits per heavy atom. The lowest BCUT2D eigenvalue weighted by Crippen LogP contribution is -2.35. The summed E-state index contributed by atoms with van der Waals surface area (Å²) in [7, 11) is -1.59. The van der Waals surface area contributed by atoms with Crippen molar-refractivity contribution in [1.82, 2.24) is 0 Å². The molecular weight excluding hydrogens is 286 g/mol. The van der Waals surface area contributed by atoms with Crippen molar-refractivity contribution >= 4 is 8.32 Å². The largest absolute Gasteiger partial charge is 0.547 e. The van der Waals surface area contributed by atoms with Crippen molar-refractivity contribution in [3.05, 3.63) is 47.2 Å². The van der Waals surface area contributed by atoms with E-state index in [0.717, 1.165) is 30.4 Å². The monoisotopic (exact) mass is 313 g/mol. The molecule has 1 unspecified atom stereocenters. The maximum atomic E-state index is 9.32. The predicted molar refractivity (Wildman–Crippen MR) is 94.1 cm³/mol. The van der Waals surface area contributed by atoms with Gasteiger partial charge in [-0.1, -0.05) is 39.0 Å². The first-order valence-corrected chi connectivity index (χ1v) is 11.1. The zero-order valence-corrected chi connectivity index (χ0v) is 15.1. The standard InChI is InChI=1S/C19H27NOSi/c1-4-22(5-2,6-3)21-18-12-9-11-16(14-18)19-13-8-7-10-17(19)15-20/h7-8,10,13-14,16H,4-6,9,11-12H2,1-3H3. The topological polar surface area (TPSA) is 33.0 Å². The van der Waals surface area contributed by atoms with Crippen molar-refractivity contribution in [1.29, 1.82) is 5.26 Å². The number of hydrogen-bond donors (Lipinski definition) is 0. The molecule has 3 heteroatoms. The number of rotatable bonds is 6. The molecule has 0 radical (unpaired) electrons. The molecule has 1 aromatic carbocycles. The number of allylic oxidation sites excluding steroid dienone is 2. The van der Waals surface area contributed by atoms with E-state index in [-0.39, 0.29) is 0 Å². The molecule has 0 amide bonds. The van der Waals surface area contributed by atoms with Gasteiger partial charge in [-0.25, -0.2) is 0 Å². The number of benzene rings is 1. The quantitative estimate of drug-likeness (QED) is 0.628. The zero-order chi connectivity index (χ0) is 16.0. The maximum absolute atomic E-state index is 9.32.